The van der Waals surface area contributed by atoms with Crippen molar-refractivity contribution in [3.63, 3.8) is 0 Å². The van der Waals surface area contributed by atoms with Gasteiger partial charge in [-0.05, 0) is 63.2 Å². The standard InChI is InChI=1S/C23H26N4O4/c1-6-31-18-10-7-16(8-11-18)21-14(2)22(26-25-21)23(28)27-24-15(3)17-9-12-19(29-4)20(13-17)30-5/h7-13H,6H2,1-5H3,(H,25,26)(H,27,28)/b24-15+. The van der Waals surface area contributed by atoms with Gasteiger partial charge in [0.2, 0.25) is 0 Å². The van der Waals surface area contributed by atoms with Crippen molar-refractivity contribution in [3.05, 3.63) is 59.3 Å². The van der Waals surface area contributed by atoms with Crippen LogP contribution in [0.1, 0.15) is 35.5 Å². The highest BCUT2D eigenvalue weighted by Crippen LogP contribution is 2.28. The van der Waals surface area contributed by atoms with Gasteiger partial charge in [0, 0.05) is 16.7 Å². The lowest BCUT2D eigenvalue weighted by molar-refractivity contribution is 0.0949. The summed E-state index contributed by atoms with van der Waals surface area (Å²) in [6.07, 6.45) is 0. The van der Waals surface area contributed by atoms with Gasteiger partial charge in [-0.2, -0.15) is 10.2 Å². The third kappa shape index (κ3) is 4.85. The van der Waals surface area contributed by atoms with Crippen LogP contribution in [0.2, 0.25) is 0 Å². The van der Waals surface area contributed by atoms with Crippen LogP contribution in [0.3, 0.4) is 0 Å². The molecule has 31 heavy (non-hydrogen) atoms. The molecule has 0 radical (unpaired) electrons. The van der Waals surface area contributed by atoms with Crippen LogP contribution in [-0.2, 0) is 0 Å². The monoisotopic (exact) mass is 422 g/mol. The number of amides is 1. The number of methoxy groups -OCH3 is 2. The van der Waals surface area contributed by atoms with E-state index >= 15 is 0 Å². The molecule has 0 spiro atoms. The molecule has 0 aliphatic heterocycles. The predicted molar refractivity (Wildman–Crippen MR) is 119 cm³/mol. The Balaban J connectivity index is 1.75. The van der Waals surface area contributed by atoms with E-state index in [-0.39, 0.29) is 5.91 Å². The van der Waals surface area contributed by atoms with Crippen molar-refractivity contribution in [2.24, 2.45) is 5.10 Å². The van der Waals surface area contributed by atoms with E-state index in [1.165, 1.54) is 0 Å². The maximum absolute atomic E-state index is 12.7. The normalized spacial score (nSPS) is 11.2. The van der Waals surface area contributed by atoms with E-state index in [9.17, 15) is 4.79 Å². The molecule has 162 valence electrons. The molecule has 0 atom stereocenters. The molecule has 1 heterocycles. The number of hydrazone groups is 1. The van der Waals surface area contributed by atoms with E-state index in [1.54, 1.807) is 33.3 Å². The van der Waals surface area contributed by atoms with Gasteiger partial charge in [0.05, 0.1) is 32.2 Å². The summed E-state index contributed by atoms with van der Waals surface area (Å²) in [6.45, 7) is 6.18. The van der Waals surface area contributed by atoms with Crippen molar-refractivity contribution in [2.45, 2.75) is 20.8 Å². The molecule has 3 aromatic rings. The first kappa shape index (κ1) is 21.9. The maximum Gasteiger partial charge on any atom is 0.289 e. The van der Waals surface area contributed by atoms with Gasteiger partial charge in [0.25, 0.3) is 5.91 Å². The molecule has 1 amide bonds. The van der Waals surface area contributed by atoms with Crippen molar-refractivity contribution in [3.8, 4) is 28.5 Å². The van der Waals surface area contributed by atoms with Crippen LogP contribution in [0.15, 0.2) is 47.6 Å². The van der Waals surface area contributed by atoms with E-state index in [4.69, 9.17) is 14.2 Å². The lowest BCUT2D eigenvalue weighted by Gasteiger charge is -2.09. The lowest BCUT2D eigenvalue weighted by atomic mass is 10.1. The molecule has 2 aromatic carbocycles. The van der Waals surface area contributed by atoms with Gasteiger partial charge >= 0.3 is 0 Å². The predicted octanol–water partition coefficient (Wildman–Crippen LogP) is 3.96. The molecular formula is C23H26N4O4. The minimum absolute atomic E-state index is 0.354. The van der Waals surface area contributed by atoms with Crippen molar-refractivity contribution >= 4 is 11.6 Å². The minimum atomic E-state index is -0.373. The summed E-state index contributed by atoms with van der Waals surface area (Å²) in [6, 6.07) is 13.0. The number of hydrogen-bond acceptors (Lipinski definition) is 6. The van der Waals surface area contributed by atoms with Gasteiger partial charge in [-0.3, -0.25) is 9.89 Å². The Morgan fingerprint density at radius 3 is 2.45 bits per heavy atom. The number of nitrogens with zero attached hydrogens (tertiary/aromatic N) is 2. The Hall–Kier alpha value is -3.81. The minimum Gasteiger partial charge on any atom is -0.494 e. The Morgan fingerprint density at radius 1 is 1.10 bits per heavy atom. The molecule has 0 aliphatic rings. The van der Waals surface area contributed by atoms with Gasteiger partial charge in [-0.15, -0.1) is 0 Å². The summed E-state index contributed by atoms with van der Waals surface area (Å²) in [5.41, 5.74) is 6.69. The molecule has 8 heteroatoms. The first-order chi connectivity index (χ1) is 15.0. The van der Waals surface area contributed by atoms with Crippen LogP contribution in [0.4, 0.5) is 0 Å². The van der Waals surface area contributed by atoms with E-state index in [1.807, 2.05) is 44.2 Å². The molecular weight excluding hydrogens is 396 g/mol. The summed E-state index contributed by atoms with van der Waals surface area (Å²) in [5, 5.41) is 11.3. The summed E-state index contributed by atoms with van der Waals surface area (Å²) in [7, 11) is 3.14. The number of nitrogens with one attached hydrogen (secondary N) is 2. The number of carbonyl (C=O) groups excluding carboxylic acids is 1. The second-order valence-electron chi connectivity index (χ2n) is 6.74. The highest BCUT2D eigenvalue weighted by molar-refractivity contribution is 6.01. The van der Waals surface area contributed by atoms with Gasteiger partial charge in [-0.25, -0.2) is 5.43 Å². The lowest BCUT2D eigenvalue weighted by Crippen LogP contribution is -2.20. The highest BCUT2D eigenvalue weighted by Gasteiger charge is 2.17. The maximum atomic E-state index is 12.7. The third-order valence-electron chi connectivity index (χ3n) is 4.80. The zero-order chi connectivity index (χ0) is 22.4. The SMILES string of the molecule is CCOc1ccc(-c2n[nH]c(C(=O)N/N=C(\C)c3ccc(OC)c(OC)c3)c2C)cc1. The summed E-state index contributed by atoms with van der Waals surface area (Å²) >= 11 is 0. The van der Waals surface area contributed by atoms with Crippen LogP contribution in [0, 0.1) is 6.92 Å². The zero-order valence-corrected chi connectivity index (χ0v) is 18.3. The van der Waals surface area contributed by atoms with Crippen LogP contribution >= 0.6 is 0 Å². The van der Waals surface area contributed by atoms with Gasteiger partial charge in [-0.1, -0.05) is 0 Å². The molecule has 8 nitrogen and oxygen atoms in total. The second kappa shape index (κ2) is 9.80. The molecule has 0 fully saturated rings. The number of hydrogen-bond donors (Lipinski definition) is 2. The first-order valence-electron chi connectivity index (χ1n) is 9.83. The molecule has 0 saturated heterocycles. The fourth-order valence-corrected chi connectivity index (χ4v) is 3.09. The van der Waals surface area contributed by atoms with Gasteiger partial charge in [0.15, 0.2) is 11.5 Å². The van der Waals surface area contributed by atoms with Crippen molar-refractivity contribution in [1.29, 1.82) is 0 Å². The Labute approximate surface area is 181 Å². The molecule has 2 N–H and O–H groups in total. The number of benzene rings is 2. The zero-order valence-electron chi connectivity index (χ0n) is 18.3. The molecule has 0 aliphatic carbocycles. The van der Waals surface area contributed by atoms with Crippen molar-refractivity contribution < 1.29 is 19.0 Å². The van der Waals surface area contributed by atoms with Gasteiger partial charge in [0.1, 0.15) is 11.4 Å². The molecule has 3 rings (SSSR count). The molecule has 0 unspecified atom stereocenters. The fourth-order valence-electron chi connectivity index (χ4n) is 3.09. The van der Waals surface area contributed by atoms with Crippen molar-refractivity contribution in [2.75, 3.05) is 20.8 Å². The Morgan fingerprint density at radius 2 is 1.81 bits per heavy atom. The molecule has 1 aromatic heterocycles. The van der Waals surface area contributed by atoms with Crippen LogP contribution in [0.25, 0.3) is 11.3 Å². The van der Waals surface area contributed by atoms with Crippen LogP contribution in [-0.4, -0.2) is 42.6 Å². The van der Waals surface area contributed by atoms with E-state index < -0.39 is 0 Å². The third-order valence-corrected chi connectivity index (χ3v) is 4.80. The van der Waals surface area contributed by atoms with E-state index in [0.29, 0.717) is 35.2 Å². The smallest absolute Gasteiger partial charge is 0.289 e. The number of rotatable bonds is 8. The van der Waals surface area contributed by atoms with Gasteiger partial charge < -0.3 is 14.2 Å². The molecule has 0 saturated carbocycles. The highest BCUT2D eigenvalue weighted by atomic mass is 16.5. The number of aromatic nitrogens is 2. The second-order valence-corrected chi connectivity index (χ2v) is 6.74. The Kier molecular flexibility index (Phi) is 6.92. The van der Waals surface area contributed by atoms with Crippen LogP contribution in [0.5, 0.6) is 17.2 Å². The fraction of sp³-hybridized carbons (Fsp3) is 0.261. The molecule has 0 bridgehead atoms. The topological polar surface area (TPSA) is 97.8 Å². The van der Waals surface area contributed by atoms with E-state index in [2.05, 4.69) is 20.7 Å². The van der Waals surface area contributed by atoms with Crippen molar-refractivity contribution in [1.82, 2.24) is 15.6 Å². The van der Waals surface area contributed by atoms with Crippen LogP contribution < -0.4 is 19.6 Å². The first-order valence-corrected chi connectivity index (χ1v) is 9.83. The average molecular weight is 422 g/mol. The largest absolute Gasteiger partial charge is 0.494 e. The number of H-pyrrole nitrogens is 1. The van der Waals surface area contributed by atoms with E-state index in [0.717, 1.165) is 22.4 Å². The summed E-state index contributed by atoms with van der Waals surface area (Å²) in [4.78, 5) is 12.7. The summed E-state index contributed by atoms with van der Waals surface area (Å²) < 4.78 is 16.0. The Bertz CT molecular complexity index is 1090. The summed E-state index contributed by atoms with van der Waals surface area (Å²) in [5.74, 6) is 1.63. The quantitative estimate of drug-likeness (QED) is 0.423. The number of carbonyl (C=O) groups is 1. The number of ether oxygens (including phenoxy) is 3. The average Bonchev–Trinajstić information content (AvgIpc) is 3.18. The number of aromatic amines is 1.